The van der Waals surface area contributed by atoms with Crippen molar-refractivity contribution < 1.29 is 5.11 Å². The van der Waals surface area contributed by atoms with Gasteiger partial charge in [0.05, 0.1) is 17.9 Å². The lowest BCUT2D eigenvalue weighted by Crippen LogP contribution is -2.44. The van der Waals surface area contributed by atoms with E-state index in [2.05, 4.69) is 22.9 Å². The van der Waals surface area contributed by atoms with Gasteiger partial charge in [-0.3, -0.25) is 0 Å². The van der Waals surface area contributed by atoms with E-state index >= 15 is 0 Å². The van der Waals surface area contributed by atoms with Gasteiger partial charge in [0.1, 0.15) is 6.07 Å². The minimum absolute atomic E-state index is 0.0162. The number of aliphatic hydroxyl groups excluding tert-OH is 1. The summed E-state index contributed by atoms with van der Waals surface area (Å²) in [4.78, 5) is 4.52. The zero-order valence-corrected chi connectivity index (χ0v) is 10.1. The molecule has 0 atom stereocenters. The smallest absolute Gasteiger partial charge is 0.101 e. The topological polar surface area (TPSA) is 50.5 Å². The third-order valence-corrected chi connectivity index (χ3v) is 3.21. The number of nitriles is 1. The quantitative estimate of drug-likeness (QED) is 0.818. The Hall–Kier alpha value is -1.57. The lowest BCUT2D eigenvalue weighted by Gasteiger charge is -2.34. The first-order valence-electron chi connectivity index (χ1n) is 5.82. The van der Waals surface area contributed by atoms with Gasteiger partial charge in [-0.15, -0.1) is 0 Å². The fourth-order valence-corrected chi connectivity index (χ4v) is 2.09. The van der Waals surface area contributed by atoms with Crippen LogP contribution in [-0.2, 0) is 6.61 Å². The van der Waals surface area contributed by atoms with Crippen molar-refractivity contribution in [3.05, 3.63) is 29.3 Å². The molecule has 0 aliphatic carbocycles. The highest BCUT2D eigenvalue weighted by Gasteiger charge is 2.17. The van der Waals surface area contributed by atoms with Gasteiger partial charge in [-0.1, -0.05) is 6.07 Å². The number of hydrogen-bond acceptors (Lipinski definition) is 4. The monoisotopic (exact) mass is 231 g/mol. The zero-order valence-electron chi connectivity index (χ0n) is 10.1. The van der Waals surface area contributed by atoms with Crippen molar-refractivity contribution in [3.63, 3.8) is 0 Å². The third kappa shape index (κ3) is 2.57. The molecule has 1 aromatic rings. The van der Waals surface area contributed by atoms with Crippen molar-refractivity contribution in [2.75, 3.05) is 38.1 Å². The molecule has 4 nitrogen and oxygen atoms in total. The van der Waals surface area contributed by atoms with Crippen LogP contribution in [0.4, 0.5) is 5.69 Å². The molecular formula is C13H17N3O. The summed E-state index contributed by atoms with van der Waals surface area (Å²) in [5, 5.41) is 18.2. The van der Waals surface area contributed by atoms with Crippen molar-refractivity contribution in [1.82, 2.24) is 4.90 Å². The summed E-state index contributed by atoms with van der Waals surface area (Å²) in [7, 11) is 2.11. The predicted molar refractivity (Wildman–Crippen MR) is 66.8 cm³/mol. The van der Waals surface area contributed by atoms with Crippen molar-refractivity contribution in [2.24, 2.45) is 0 Å². The van der Waals surface area contributed by atoms with Gasteiger partial charge in [0.25, 0.3) is 0 Å². The Bertz CT molecular complexity index is 431. The Morgan fingerprint density at radius 2 is 2.00 bits per heavy atom. The van der Waals surface area contributed by atoms with Gasteiger partial charge >= 0.3 is 0 Å². The lowest BCUT2D eigenvalue weighted by atomic mass is 10.1. The van der Waals surface area contributed by atoms with Crippen molar-refractivity contribution in [3.8, 4) is 6.07 Å². The van der Waals surface area contributed by atoms with Gasteiger partial charge in [-0.2, -0.15) is 5.26 Å². The molecule has 1 fully saturated rings. The van der Waals surface area contributed by atoms with E-state index in [1.807, 2.05) is 12.1 Å². The normalized spacial score (nSPS) is 16.9. The van der Waals surface area contributed by atoms with E-state index in [9.17, 15) is 0 Å². The Morgan fingerprint density at radius 3 is 2.59 bits per heavy atom. The molecule has 1 N–H and O–H groups in total. The maximum absolute atomic E-state index is 9.15. The Labute approximate surface area is 102 Å². The molecule has 0 radical (unpaired) electrons. The summed E-state index contributed by atoms with van der Waals surface area (Å²) < 4.78 is 0. The number of benzene rings is 1. The van der Waals surface area contributed by atoms with Crippen LogP contribution in [0.15, 0.2) is 18.2 Å². The fraction of sp³-hybridized carbons (Fsp3) is 0.462. The second-order valence-corrected chi connectivity index (χ2v) is 4.41. The first-order chi connectivity index (χ1) is 8.24. The van der Waals surface area contributed by atoms with Gasteiger partial charge < -0.3 is 14.9 Å². The molecule has 90 valence electrons. The molecule has 1 saturated heterocycles. The summed E-state index contributed by atoms with van der Waals surface area (Å²) >= 11 is 0. The summed E-state index contributed by atoms with van der Waals surface area (Å²) in [5.74, 6) is 0. The molecule has 0 saturated carbocycles. The molecule has 2 rings (SSSR count). The fourth-order valence-electron chi connectivity index (χ4n) is 2.09. The molecule has 0 amide bonds. The van der Waals surface area contributed by atoms with Gasteiger partial charge in [0, 0.05) is 26.2 Å². The maximum atomic E-state index is 9.15. The molecule has 17 heavy (non-hydrogen) atoms. The van der Waals surface area contributed by atoms with E-state index in [-0.39, 0.29) is 6.61 Å². The van der Waals surface area contributed by atoms with Crippen molar-refractivity contribution in [1.29, 1.82) is 5.26 Å². The molecule has 4 heteroatoms. The zero-order chi connectivity index (χ0) is 12.3. The van der Waals surface area contributed by atoms with Gasteiger partial charge in [-0.05, 0) is 24.7 Å². The number of rotatable bonds is 2. The Balaban J connectivity index is 2.23. The van der Waals surface area contributed by atoms with E-state index in [4.69, 9.17) is 10.4 Å². The first kappa shape index (κ1) is 11.9. The molecule has 0 aromatic heterocycles. The molecule has 0 bridgehead atoms. The van der Waals surface area contributed by atoms with Crippen LogP contribution >= 0.6 is 0 Å². The third-order valence-electron chi connectivity index (χ3n) is 3.21. The van der Waals surface area contributed by atoms with Crippen LogP contribution in [0.1, 0.15) is 11.1 Å². The molecule has 1 aromatic carbocycles. The van der Waals surface area contributed by atoms with Crippen LogP contribution < -0.4 is 4.90 Å². The molecule has 0 spiro atoms. The number of hydrogen-bond donors (Lipinski definition) is 1. The highest BCUT2D eigenvalue weighted by atomic mass is 16.3. The minimum Gasteiger partial charge on any atom is -0.392 e. The lowest BCUT2D eigenvalue weighted by molar-refractivity contribution is 0.282. The Morgan fingerprint density at radius 1 is 1.29 bits per heavy atom. The van der Waals surface area contributed by atoms with Crippen LogP contribution in [0.25, 0.3) is 0 Å². The van der Waals surface area contributed by atoms with E-state index < -0.39 is 0 Å². The number of piperazine rings is 1. The van der Waals surface area contributed by atoms with Crippen LogP contribution in [0.3, 0.4) is 0 Å². The van der Waals surface area contributed by atoms with Crippen molar-refractivity contribution in [2.45, 2.75) is 6.61 Å². The second kappa shape index (κ2) is 5.17. The maximum Gasteiger partial charge on any atom is 0.101 e. The highest BCUT2D eigenvalue weighted by Crippen LogP contribution is 2.22. The van der Waals surface area contributed by atoms with E-state index in [1.54, 1.807) is 6.07 Å². The van der Waals surface area contributed by atoms with E-state index in [1.165, 1.54) is 0 Å². The number of likely N-dealkylation sites (N-methyl/N-ethyl adjacent to an activating group) is 1. The van der Waals surface area contributed by atoms with Crippen LogP contribution in [0.2, 0.25) is 0 Å². The van der Waals surface area contributed by atoms with Crippen LogP contribution in [0.5, 0.6) is 0 Å². The SMILES string of the molecule is CN1CCN(c2ccc(CO)cc2C#N)CC1. The van der Waals surface area contributed by atoms with Crippen LogP contribution in [0, 0.1) is 11.3 Å². The largest absolute Gasteiger partial charge is 0.392 e. The number of anilines is 1. The summed E-state index contributed by atoms with van der Waals surface area (Å²) in [5.41, 5.74) is 2.43. The molecule has 0 unspecified atom stereocenters. The predicted octanol–water partition coefficient (Wildman–Crippen LogP) is 0.802. The van der Waals surface area contributed by atoms with Crippen LogP contribution in [-0.4, -0.2) is 43.2 Å². The minimum atomic E-state index is -0.0162. The number of nitrogens with zero attached hydrogens (tertiary/aromatic N) is 3. The van der Waals surface area contributed by atoms with Crippen molar-refractivity contribution >= 4 is 5.69 Å². The average Bonchev–Trinajstić information content (AvgIpc) is 2.39. The van der Waals surface area contributed by atoms with E-state index in [0.29, 0.717) is 5.56 Å². The molecule has 1 aliphatic heterocycles. The standard InChI is InChI=1S/C13H17N3O/c1-15-4-6-16(7-5-15)13-3-2-11(10-17)8-12(13)9-14/h2-3,8,17H,4-7,10H2,1H3. The average molecular weight is 231 g/mol. The summed E-state index contributed by atoms with van der Waals surface area (Å²) in [6.07, 6.45) is 0. The highest BCUT2D eigenvalue weighted by molar-refractivity contribution is 5.60. The molecule has 1 heterocycles. The Kier molecular flexibility index (Phi) is 3.62. The summed E-state index contributed by atoms with van der Waals surface area (Å²) in [6.45, 7) is 3.92. The van der Waals surface area contributed by atoms with Gasteiger partial charge in [0.15, 0.2) is 0 Å². The molecular weight excluding hydrogens is 214 g/mol. The molecule has 1 aliphatic rings. The number of aliphatic hydroxyl groups is 1. The van der Waals surface area contributed by atoms with E-state index in [0.717, 1.165) is 37.4 Å². The first-order valence-corrected chi connectivity index (χ1v) is 5.82. The van der Waals surface area contributed by atoms with Gasteiger partial charge in [-0.25, -0.2) is 0 Å². The van der Waals surface area contributed by atoms with Gasteiger partial charge in [0.2, 0.25) is 0 Å². The summed E-state index contributed by atoms with van der Waals surface area (Å²) in [6, 6.07) is 7.81. The second-order valence-electron chi connectivity index (χ2n) is 4.41.